The summed E-state index contributed by atoms with van der Waals surface area (Å²) >= 11 is 0. The molecule has 1 fully saturated rings. The van der Waals surface area contributed by atoms with Crippen molar-refractivity contribution in [2.75, 3.05) is 31.1 Å². The van der Waals surface area contributed by atoms with Crippen LogP contribution in [0.3, 0.4) is 0 Å². The molecule has 96 valence electrons. The summed E-state index contributed by atoms with van der Waals surface area (Å²) in [5.41, 5.74) is 5.80. The monoisotopic (exact) mass is 248 g/mol. The van der Waals surface area contributed by atoms with Crippen LogP contribution in [-0.2, 0) is 9.84 Å². The van der Waals surface area contributed by atoms with E-state index in [4.69, 9.17) is 5.73 Å². The van der Waals surface area contributed by atoms with Crippen LogP contribution in [0.1, 0.15) is 33.1 Å². The summed E-state index contributed by atoms with van der Waals surface area (Å²) in [6.45, 7) is 6.62. The minimum Gasteiger partial charge on any atom is -0.326 e. The van der Waals surface area contributed by atoms with Crippen LogP contribution in [0.5, 0.6) is 0 Å². The number of sulfone groups is 1. The lowest BCUT2D eigenvalue weighted by Gasteiger charge is -2.23. The molecule has 0 atom stereocenters. The Morgan fingerprint density at radius 1 is 1.25 bits per heavy atom. The van der Waals surface area contributed by atoms with Gasteiger partial charge in [-0.15, -0.1) is 0 Å². The fourth-order valence-corrected chi connectivity index (χ4v) is 3.28. The zero-order chi connectivity index (χ0) is 12.2. The quantitative estimate of drug-likeness (QED) is 0.792. The minimum atomic E-state index is -2.77. The molecule has 0 spiro atoms. The molecule has 0 bridgehead atoms. The average Bonchev–Trinajstić information content (AvgIpc) is 2.26. The second-order valence-electron chi connectivity index (χ2n) is 5.44. The third-order valence-corrected chi connectivity index (χ3v) is 4.66. The Bertz CT molecular complexity index is 306. The van der Waals surface area contributed by atoms with Crippen LogP contribution < -0.4 is 5.73 Å². The SMILES string of the molecule is CC(C)(N)CCCN1CCCS(=O)(=O)CC1. The normalized spacial score (nSPS) is 22.9. The van der Waals surface area contributed by atoms with Gasteiger partial charge in [-0.3, -0.25) is 0 Å². The first-order valence-electron chi connectivity index (χ1n) is 6.00. The summed E-state index contributed by atoms with van der Waals surface area (Å²) in [4.78, 5) is 2.25. The number of nitrogens with two attached hydrogens (primary N) is 1. The van der Waals surface area contributed by atoms with E-state index in [1.54, 1.807) is 0 Å². The molecular formula is C11H24N2O2S. The second kappa shape index (κ2) is 5.47. The molecule has 1 aliphatic rings. The van der Waals surface area contributed by atoms with E-state index in [0.29, 0.717) is 18.1 Å². The van der Waals surface area contributed by atoms with E-state index in [1.807, 2.05) is 13.8 Å². The van der Waals surface area contributed by atoms with Crippen molar-refractivity contribution in [2.24, 2.45) is 5.73 Å². The van der Waals surface area contributed by atoms with Crippen LogP contribution in [0, 0.1) is 0 Å². The van der Waals surface area contributed by atoms with Gasteiger partial charge < -0.3 is 10.6 Å². The molecule has 5 heteroatoms. The van der Waals surface area contributed by atoms with Gasteiger partial charge in [-0.25, -0.2) is 8.42 Å². The molecule has 2 N–H and O–H groups in total. The lowest BCUT2D eigenvalue weighted by molar-refractivity contribution is 0.277. The van der Waals surface area contributed by atoms with E-state index < -0.39 is 9.84 Å². The highest BCUT2D eigenvalue weighted by Gasteiger charge is 2.19. The molecule has 16 heavy (non-hydrogen) atoms. The predicted octanol–water partition coefficient (Wildman–Crippen LogP) is 0.624. The van der Waals surface area contributed by atoms with Crippen molar-refractivity contribution in [3.05, 3.63) is 0 Å². The molecule has 0 radical (unpaired) electrons. The summed E-state index contributed by atoms with van der Waals surface area (Å²) in [6, 6.07) is 0. The summed E-state index contributed by atoms with van der Waals surface area (Å²) in [5.74, 6) is 0.672. The summed E-state index contributed by atoms with van der Waals surface area (Å²) < 4.78 is 22.8. The minimum absolute atomic E-state index is 0.113. The molecule has 4 nitrogen and oxygen atoms in total. The Labute approximate surface area is 99.1 Å². The van der Waals surface area contributed by atoms with E-state index >= 15 is 0 Å². The van der Waals surface area contributed by atoms with Gasteiger partial charge in [0, 0.05) is 12.1 Å². The molecule has 0 aromatic carbocycles. The average molecular weight is 248 g/mol. The fourth-order valence-electron chi connectivity index (χ4n) is 1.97. The van der Waals surface area contributed by atoms with Crippen molar-refractivity contribution >= 4 is 9.84 Å². The molecule has 0 aromatic heterocycles. The van der Waals surface area contributed by atoms with Gasteiger partial charge in [-0.1, -0.05) is 0 Å². The van der Waals surface area contributed by atoms with Crippen LogP contribution in [0.2, 0.25) is 0 Å². The van der Waals surface area contributed by atoms with Crippen molar-refractivity contribution in [2.45, 2.75) is 38.6 Å². The van der Waals surface area contributed by atoms with Crippen LogP contribution in [0.4, 0.5) is 0 Å². The maximum atomic E-state index is 11.4. The fraction of sp³-hybridized carbons (Fsp3) is 1.00. The molecule has 0 aliphatic carbocycles. The zero-order valence-electron chi connectivity index (χ0n) is 10.4. The first-order chi connectivity index (χ1) is 7.29. The van der Waals surface area contributed by atoms with Crippen LogP contribution in [-0.4, -0.2) is 50.0 Å². The Kier molecular flexibility index (Phi) is 4.76. The van der Waals surface area contributed by atoms with Crippen molar-refractivity contribution in [1.29, 1.82) is 0 Å². The Morgan fingerprint density at radius 2 is 1.94 bits per heavy atom. The largest absolute Gasteiger partial charge is 0.326 e. The van der Waals surface area contributed by atoms with E-state index in [1.165, 1.54) is 0 Å². The van der Waals surface area contributed by atoms with Crippen LogP contribution in [0.25, 0.3) is 0 Å². The highest BCUT2D eigenvalue weighted by molar-refractivity contribution is 7.91. The van der Waals surface area contributed by atoms with Crippen molar-refractivity contribution in [3.63, 3.8) is 0 Å². The molecule has 1 rings (SSSR count). The van der Waals surface area contributed by atoms with Crippen LogP contribution in [0.15, 0.2) is 0 Å². The van der Waals surface area contributed by atoms with E-state index in [0.717, 1.165) is 32.4 Å². The van der Waals surface area contributed by atoms with Gasteiger partial charge in [-0.2, -0.15) is 0 Å². The maximum absolute atomic E-state index is 11.4. The Morgan fingerprint density at radius 3 is 2.56 bits per heavy atom. The Balaban J connectivity index is 2.28. The third-order valence-electron chi connectivity index (χ3n) is 2.94. The van der Waals surface area contributed by atoms with Crippen LogP contribution >= 0.6 is 0 Å². The molecule has 0 unspecified atom stereocenters. The molecule has 0 saturated carbocycles. The van der Waals surface area contributed by atoms with Gasteiger partial charge >= 0.3 is 0 Å². The number of hydrogen-bond acceptors (Lipinski definition) is 4. The van der Waals surface area contributed by atoms with Gasteiger partial charge in [0.25, 0.3) is 0 Å². The summed E-state index contributed by atoms with van der Waals surface area (Å²) in [6.07, 6.45) is 2.80. The highest BCUT2D eigenvalue weighted by atomic mass is 32.2. The number of nitrogens with zero attached hydrogens (tertiary/aromatic N) is 1. The Hall–Kier alpha value is -0.130. The van der Waals surface area contributed by atoms with Gasteiger partial charge in [-0.05, 0) is 46.2 Å². The zero-order valence-corrected chi connectivity index (χ0v) is 11.2. The molecule has 0 aromatic rings. The van der Waals surface area contributed by atoms with Crippen molar-refractivity contribution in [1.82, 2.24) is 4.90 Å². The molecule has 0 amide bonds. The van der Waals surface area contributed by atoms with Gasteiger partial charge in [0.1, 0.15) is 0 Å². The molecule has 1 heterocycles. The third kappa shape index (κ3) is 5.82. The summed E-state index contributed by atoms with van der Waals surface area (Å²) in [5, 5.41) is 0. The van der Waals surface area contributed by atoms with Crippen molar-refractivity contribution in [3.8, 4) is 0 Å². The highest BCUT2D eigenvalue weighted by Crippen LogP contribution is 2.10. The number of hydrogen-bond donors (Lipinski definition) is 1. The molecule has 1 saturated heterocycles. The molecular weight excluding hydrogens is 224 g/mol. The summed E-state index contributed by atoms with van der Waals surface area (Å²) in [7, 11) is -2.77. The predicted molar refractivity (Wildman–Crippen MR) is 67.2 cm³/mol. The van der Waals surface area contributed by atoms with Crippen molar-refractivity contribution < 1.29 is 8.42 Å². The second-order valence-corrected chi connectivity index (χ2v) is 7.74. The topological polar surface area (TPSA) is 63.4 Å². The van der Waals surface area contributed by atoms with E-state index in [2.05, 4.69) is 4.90 Å². The van der Waals surface area contributed by atoms with Gasteiger partial charge in [0.15, 0.2) is 9.84 Å². The molecule has 1 aliphatic heterocycles. The van der Waals surface area contributed by atoms with E-state index in [9.17, 15) is 8.42 Å². The first-order valence-corrected chi connectivity index (χ1v) is 7.82. The standard InChI is InChI=1S/C11H24N2O2S/c1-11(2,12)5-3-6-13-7-4-9-16(14,15)10-8-13/h3-10,12H2,1-2H3. The van der Waals surface area contributed by atoms with E-state index in [-0.39, 0.29) is 5.54 Å². The lowest BCUT2D eigenvalue weighted by atomic mass is 10.00. The maximum Gasteiger partial charge on any atom is 0.151 e. The number of rotatable bonds is 4. The first kappa shape index (κ1) is 13.9. The van der Waals surface area contributed by atoms with Gasteiger partial charge in [0.05, 0.1) is 11.5 Å². The van der Waals surface area contributed by atoms with Gasteiger partial charge in [0.2, 0.25) is 0 Å². The lowest BCUT2D eigenvalue weighted by Crippen LogP contribution is -2.34. The smallest absolute Gasteiger partial charge is 0.151 e.